The maximum absolute atomic E-state index is 13.4. The van der Waals surface area contributed by atoms with Gasteiger partial charge in [0.2, 0.25) is 11.8 Å². The zero-order valence-electron chi connectivity index (χ0n) is 16.9. The van der Waals surface area contributed by atoms with E-state index in [1.807, 2.05) is 18.2 Å². The maximum Gasteiger partial charge on any atom is 0.340 e. The van der Waals surface area contributed by atoms with Crippen molar-refractivity contribution < 1.29 is 28.6 Å². The monoisotopic (exact) mass is 420 g/mol. The summed E-state index contributed by atoms with van der Waals surface area (Å²) in [5.41, 5.74) is 5.39. The molecule has 2 aromatic rings. The first-order valence-corrected chi connectivity index (χ1v) is 9.51. The minimum absolute atomic E-state index is 0.0252. The third kappa shape index (κ3) is 3.04. The van der Waals surface area contributed by atoms with Crippen molar-refractivity contribution >= 4 is 23.5 Å². The zero-order chi connectivity index (χ0) is 22.2. The van der Waals surface area contributed by atoms with Crippen LogP contribution in [0.3, 0.4) is 0 Å². The number of methoxy groups -OCH3 is 1. The third-order valence-corrected chi connectivity index (χ3v) is 5.34. The molecule has 2 heterocycles. The van der Waals surface area contributed by atoms with E-state index >= 15 is 0 Å². The number of anilines is 1. The number of amides is 1. The molecule has 158 valence electrons. The number of esters is 2. The van der Waals surface area contributed by atoms with E-state index in [1.165, 1.54) is 6.92 Å². The Kier molecular flexibility index (Phi) is 4.98. The molecule has 2 aliphatic rings. The van der Waals surface area contributed by atoms with E-state index in [9.17, 15) is 14.4 Å². The average molecular weight is 420 g/mol. The summed E-state index contributed by atoms with van der Waals surface area (Å²) >= 11 is 0. The molecule has 0 radical (unpaired) electrons. The van der Waals surface area contributed by atoms with Crippen molar-refractivity contribution in [2.45, 2.75) is 18.9 Å². The smallest absolute Gasteiger partial charge is 0.340 e. The van der Waals surface area contributed by atoms with Crippen molar-refractivity contribution in [1.29, 1.82) is 0 Å². The highest BCUT2D eigenvalue weighted by Gasteiger charge is 2.61. The molecule has 0 saturated heterocycles. The highest BCUT2D eigenvalue weighted by Crippen LogP contribution is 2.52. The summed E-state index contributed by atoms with van der Waals surface area (Å²) in [5.74, 6) is -2.55. The van der Waals surface area contributed by atoms with E-state index < -0.39 is 23.3 Å². The molecule has 0 saturated carbocycles. The number of rotatable bonds is 4. The van der Waals surface area contributed by atoms with Gasteiger partial charge in [0.25, 0.3) is 0 Å². The second kappa shape index (κ2) is 7.64. The predicted molar refractivity (Wildman–Crippen MR) is 110 cm³/mol. The van der Waals surface area contributed by atoms with Gasteiger partial charge in [-0.2, -0.15) is 0 Å². The van der Waals surface area contributed by atoms with E-state index in [4.69, 9.17) is 19.9 Å². The first kappa shape index (κ1) is 20.2. The van der Waals surface area contributed by atoms with Crippen LogP contribution >= 0.6 is 0 Å². The molecule has 0 fully saturated rings. The molecule has 2 aliphatic heterocycles. The first-order chi connectivity index (χ1) is 14.9. The Bertz CT molecular complexity index is 1150. The van der Waals surface area contributed by atoms with Crippen LogP contribution < -0.4 is 11.1 Å². The van der Waals surface area contributed by atoms with Gasteiger partial charge in [-0.3, -0.25) is 4.79 Å². The fourth-order valence-electron chi connectivity index (χ4n) is 4.04. The molecular weight excluding hydrogens is 400 g/mol. The van der Waals surface area contributed by atoms with Crippen LogP contribution in [0.25, 0.3) is 0 Å². The summed E-state index contributed by atoms with van der Waals surface area (Å²) in [6.45, 7) is 1.47. The molecular formula is C23H20N2O6. The van der Waals surface area contributed by atoms with Crippen molar-refractivity contribution in [2.24, 2.45) is 5.73 Å². The average Bonchev–Trinajstić information content (AvgIpc) is 3.04. The van der Waals surface area contributed by atoms with Crippen LogP contribution in [0.1, 0.15) is 18.1 Å². The molecule has 2 aromatic carbocycles. The van der Waals surface area contributed by atoms with Crippen molar-refractivity contribution in [1.82, 2.24) is 0 Å². The topological polar surface area (TPSA) is 117 Å². The number of allylic oxidation sites excluding steroid dienone is 1. The van der Waals surface area contributed by atoms with Crippen molar-refractivity contribution in [3.63, 3.8) is 0 Å². The van der Waals surface area contributed by atoms with Gasteiger partial charge in [-0.15, -0.1) is 0 Å². The summed E-state index contributed by atoms with van der Waals surface area (Å²) in [7, 11) is 1.16. The van der Waals surface area contributed by atoms with Crippen molar-refractivity contribution in [3.8, 4) is 0 Å². The standard InChI is InChI=1S/C23H20N2O6/c1-13-17(21(27)30-12-14-8-4-3-5-9-14)23(18(19(24)31-13)20(26)29-2)15-10-6-7-11-16(15)25-22(23)28/h3-11H,12,24H2,1-2H3,(H,25,28)/t23-/m0/s1. The molecule has 1 atom stereocenters. The summed E-state index contributed by atoms with van der Waals surface area (Å²) in [4.78, 5) is 39.5. The predicted octanol–water partition coefficient (Wildman–Crippen LogP) is 2.27. The molecule has 0 unspecified atom stereocenters. The van der Waals surface area contributed by atoms with Crippen LogP contribution in [-0.4, -0.2) is 25.0 Å². The normalized spacial score (nSPS) is 19.6. The largest absolute Gasteiger partial charge is 0.465 e. The van der Waals surface area contributed by atoms with E-state index in [0.29, 0.717) is 11.3 Å². The van der Waals surface area contributed by atoms with Gasteiger partial charge in [0.1, 0.15) is 28.9 Å². The number of carbonyl (C=O) groups is 3. The number of fused-ring (bicyclic) bond motifs is 2. The molecule has 8 nitrogen and oxygen atoms in total. The quantitative estimate of drug-likeness (QED) is 0.729. The first-order valence-electron chi connectivity index (χ1n) is 9.51. The van der Waals surface area contributed by atoms with Gasteiger partial charge >= 0.3 is 11.9 Å². The second-order valence-electron chi connectivity index (χ2n) is 7.08. The van der Waals surface area contributed by atoms with E-state index in [2.05, 4.69) is 5.32 Å². The lowest BCUT2D eigenvalue weighted by Gasteiger charge is -2.35. The Hall–Kier alpha value is -4.07. The number of hydrogen-bond acceptors (Lipinski definition) is 7. The molecule has 1 spiro atoms. The van der Waals surface area contributed by atoms with Crippen LogP contribution in [0, 0.1) is 0 Å². The molecule has 0 bridgehead atoms. The Balaban J connectivity index is 1.87. The van der Waals surface area contributed by atoms with Crippen LogP contribution in [0.5, 0.6) is 0 Å². The Labute approximate surface area is 178 Å². The molecule has 4 rings (SSSR count). The Morgan fingerprint density at radius 2 is 1.71 bits per heavy atom. The van der Waals surface area contributed by atoms with Gasteiger partial charge in [0.05, 0.1) is 7.11 Å². The third-order valence-electron chi connectivity index (χ3n) is 5.34. The van der Waals surface area contributed by atoms with Crippen molar-refractivity contribution in [2.75, 3.05) is 12.4 Å². The molecule has 0 aromatic heterocycles. The minimum Gasteiger partial charge on any atom is -0.465 e. The SMILES string of the molecule is COC(=O)C1=C(N)OC(C)=C(C(=O)OCc2ccccc2)[C@]12C(=O)Nc1ccccc12. The summed E-state index contributed by atoms with van der Waals surface area (Å²) in [5, 5.41) is 2.73. The highest BCUT2D eigenvalue weighted by atomic mass is 16.5. The van der Waals surface area contributed by atoms with E-state index in [-0.39, 0.29) is 29.4 Å². The fourth-order valence-corrected chi connectivity index (χ4v) is 4.04. The van der Waals surface area contributed by atoms with Gasteiger partial charge in [-0.1, -0.05) is 48.5 Å². The van der Waals surface area contributed by atoms with Crippen LogP contribution in [-0.2, 0) is 40.6 Å². The fraction of sp³-hybridized carbons (Fsp3) is 0.174. The number of nitrogens with one attached hydrogen (secondary N) is 1. The van der Waals surface area contributed by atoms with Crippen LogP contribution in [0.4, 0.5) is 5.69 Å². The van der Waals surface area contributed by atoms with Crippen molar-refractivity contribution in [3.05, 3.63) is 88.5 Å². The Morgan fingerprint density at radius 3 is 2.42 bits per heavy atom. The van der Waals surface area contributed by atoms with Gasteiger partial charge < -0.3 is 25.3 Å². The molecule has 1 amide bonds. The second-order valence-corrected chi connectivity index (χ2v) is 7.08. The summed E-state index contributed by atoms with van der Waals surface area (Å²) in [6, 6.07) is 15.8. The number of nitrogens with two attached hydrogens (primary N) is 1. The lowest BCUT2D eigenvalue weighted by atomic mass is 9.67. The number of para-hydroxylation sites is 1. The lowest BCUT2D eigenvalue weighted by molar-refractivity contribution is -0.143. The van der Waals surface area contributed by atoms with Gasteiger partial charge in [0, 0.05) is 11.3 Å². The molecule has 31 heavy (non-hydrogen) atoms. The molecule has 8 heteroatoms. The maximum atomic E-state index is 13.4. The number of hydrogen-bond donors (Lipinski definition) is 2. The van der Waals surface area contributed by atoms with Gasteiger partial charge in [-0.05, 0) is 18.6 Å². The van der Waals surface area contributed by atoms with E-state index in [1.54, 1.807) is 36.4 Å². The van der Waals surface area contributed by atoms with Crippen LogP contribution in [0.2, 0.25) is 0 Å². The minimum atomic E-state index is -1.86. The molecule has 3 N–H and O–H groups in total. The summed E-state index contributed by atoms with van der Waals surface area (Å²) < 4.78 is 15.9. The number of carbonyl (C=O) groups excluding carboxylic acids is 3. The Morgan fingerprint density at radius 1 is 1.03 bits per heavy atom. The number of ether oxygens (including phenoxy) is 3. The lowest BCUT2D eigenvalue weighted by Crippen LogP contribution is -2.48. The summed E-state index contributed by atoms with van der Waals surface area (Å²) in [6.07, 6.45) is 0. The van der Waals surface area contributed by atoms with E-state index in [0.717, 1.165) is 12.7 Å². The number of benzene rings is 2. The molecule has 0 aliphatic carbocycles. The highest BCUT2D eigenvalue weighted by molar-refractivity contribution is 6.21. The van der Waals surface area contributed by atoms with Crippen LogP contribution in [0.15, 0.2) is 77.4 Å². The zero-order valence-corrected chi connectivity index (χ0v) is 16.9. The van der Waals surface area contributed by atoms with Gasteiger partial charge in [0.15, 0.2) is 0 Å². The van der Waals surface area contributed by atoms with Gasteiger partial charge in [-0.25, -0.2) is 9.59 Å².